The zero-order valence-electron chi connectivity index (χ0n) is 27.9. The fourth-order valence-electron chi connectivity index (χ4n) is 10.3. The molecule has 9 aromatic rings. The van der Waals surface area contributed by atoms with Crippen molar-refractivity contribution in [2.24, 2.45) is 0 Å². The largest absolute Gasteiger partial charge is 0.375 e. The number of hydrogen-bond donors (Lipinski definition) is 0. The van der Waals surface area contributed by atoms with Crippen LogP contribution in [-0.4, -0.2) is 11.3 Å². The molecule has 4 heteroatoms. The predicted octanol–water partition coefficient (Wildman–Crippen LogP) is 11.3. The van der Waals surface area contributed by atoms with Crippen LogP contribution in [0, 0.1) is 6.92 Å². The minimum absolute atomic E-state index is 0.0338. The molecule has 0 saturated carbocycles. The maximum atomic E-state index is 2.71. The Kier molecular flexibility index (Phi) is 4.75. The van der Waals surface area contributed by atoms with Gasteiger partial charge in [-0.05, 0) is 99.4 Å². The van der Waals surface area contributed by atoms with Crippen LogP contribution in [0.5, 0.6) is 0 Å². The van der Waals surface area contributed by atoms with Gasteiger partial charge in [-0.15, -0.1) is 10.0 Å². The molecule has 1 spiro atoms. The first kappa shape index (κ1) is 26.8. The number of rotatable bonds is 0. The third kappa shape index (κ3) is 2.96. The zero-order valence-corrected chi connectivity index (χ0v) is 28.7. The van der Waals surface area contributed by atoms with Crippen molar-refractivity contribution in [1.29, 1.82) is 0 Å². The van der Waals surface area contributed by atoms with Crippen LogP contribution < -0.4 is 15.8 Å². The lowest BCUT2D eigenvalue weighted by Gasteiger charge is -2.52. The second-order valence-corrected chi connectivity index (χ2v) is 17.5. The summed E-state index contributed by atoms with van der Waals surface area (Å²) in [5.41, 5.74) is 16.1. The fourth-order valence-corrected chi connectivity index (χ4v) is 14.8. The van der Waals surface area contributed by atoms with Gasteiger partial charge in [0.1, 0.15) is 0 Å². The van der Waals surface area contributed by atoms with E-state index in [-0.39, 0.29) is 6.85 Å². The van der Waals surface area contributed by atoms with Crippen LogP contribution in [0.15, 0.2) is 177 Å². The van der Waals surface area contributed by atoms with E-state index in [0.717, 1.165) is 0 Å². The van der Waals surface area contributed by atoms with Gasteiger partial charge in [-0.2, -0.15) is 0 Å². The number of fused-ring (bicyclic) bond motifs is 17. The molecule has 13 rings (SSSR count). The Hall–Kier alpha value is -5.97. The molecule has 4 aliphatic heterocycles. The average Bonchev–Trinajstić information content (AvgIpc) is 3.65. The first-order chi connectivity index (χ1) is 25.2. The first-order valence-electron chi connectivity index (χ1n) is 17.9. The number of benzene rings is 8. The molecule has 0 amide bonds. The summed E-state index contributed by atoms with van der Waals surface area (Å²) in [4.78, 5) is 8.43. The Balaban J connectivity index is 1.24. The van der Waals surface area contributed by atoms with Crippen molar-refractivity contribution in [3.63, 3.8) is 0 Å². The quantitative estimate of drug-likeness (QED) is 0.147. The highest BCUT2D eigenvalue weighted by molar-refractivity contribution is 8.34. The van der Waals surface area contributed by atoms with Crippen LogP contribution in [0.1, 0.15) is 5.56 Å². The summed E-state index contributed by atoms with van der Waals surface area (Å²) in [5, 5.41) is 5.23. The molecule has 0 atom stereocenters. The van der Waals surface area contributed by atoms with Crippen molar-refractivity contribution < 1.29 is 0 Å². The van der Waals surface area contributed by atoms with Crippen molar-refractivity contribution in [3.8, 4) is 22.3 Å². The summed E-state index contributed by atoms with van der Waals surface area (Å²) >= 11 is 0. The minimum Gasteiger partial charge on any atom is -0.375 e. The number of para-hydroxylation sites is 3. The molecule has 4 aliphatic rings. The Morgan fingerprint density at radius 1 is 0.490 bits per heavy atom. The van der Waals surface area contributed by atoms with Crippen LogP contribution >= 0.6 is 10.0 Å². The molecule has 0 radical (unpaired) electrons. The number of hydrogen-bond acceptors (Lipinski definition) is 1. The second kappa shape index (κ2) is 9.03. The van der Waals surface area contributed by atoms with Gasteiger partial charge in [0.25, 0.3) is 0 Å². The molecular formula is C47H29BN2S. The maximum absolute atomic E-state index is 2.71. The molecule has 0 aliphatic carbocycles. The van der Waals surface area contributed by atoms with Crippen molar-refractivity contribution in [1.82, 2.24) is 4.48 Å². The summed E-state index contributed by atoms with van der Waals surface area (Å²) in [7, 11) is -1.79. The molecule has 0 bridgehead atoms. The molecule has 0 unspecified atom stereocenters. The molecular weight excluding hydrogens is 635 g/mol. The van der Waals surface area contributed by atoms with Crippen LogP contribution in [0.25, 0.3) is 54.8 Å². The van der Waals surface area contributed by atoms with E-state index in [1.807, 2.05) is 0 Å². The van der Waals surface area contributed by atoms with Gasteiger partial charge >= 0.3 is 6.85 Å². The topological polar surface area (TPSA) is 8.17 Å². The Morgan fingerprint density at radius 3 is 1.94 bits per heavy atom. The van der Waals surface area contributed by atoms with Gasteiger partial charge in [0.05, 0.1) is 11.4 Å². The zero-order chi connectivity index (χ0) is 33.2. The highest BCUT2D eigenvalue weighted by Crippen LogP contribution is 2.84. The third-order valence-corrected chi connectivity index (χ3v) is 16.1. The first-order valence-corrected chi connectivity index (χ1v) is 19.5. The second-order valence-electron chi connectivity index (χ2n) is 14.5. The van der Waals surface area contributed by atoms with Gasteiger partial charge in [-0.1, -0.05) is 109 Å². The van der Waals surface area contributed by atoms with Crippen LogP contribution in [0.3, 0.4) is 0 Å². The summed E-state index contributed by atoms with van der Waals surface area (Å²) in [6.45, 7) is 2.31. The number of nitrogens with zero attached hydrogens (tertiary/aromatic N) is 2. The Morgan fingerprint density at radius 2 is 1.14 bits per heavy atom. The molecule has 0 N–H and O–H groups in total. The van der Waals surface area contributed by atoms with Gasteiger partial charge in [0, 0.05) is 52.6 Å². The molecule has 1 aromatic heterocycles. The van der Waals surface area contributed by atoms with Crippen molar-refractivity contribution >= 4 is 77.4 Å². The van der Waals surface area contributed by atoms with E-state index in [0.29, 0.717) is 0 Å². The predicted molar refractivity (Wildman–Crippen MR) is 215 cm³/mol. The van der Waals surface area contributed by atoms with E-state index in [1.54, 1.807) is 0 Å². The van der Waals surface area contributed by atoms with Crippen LogP contribution in [-0.2, 0) is 0 Å². The molecule has 2 nitrogen and oxygen atoms in total. The van der Waals surface area contributed by atoms with E-state index in [4.69, 9.17) is 0 Å². The van der Waals surface area contributed by atoms with Gasteiger partial charge in [0.2, 0.25) is 0 Å². The van der Waals surface area contributed by atoms with E-state index in [9.17, 15) is 0 Å². The molecule has 0 saturated heterocycles. The SMILES string of the molecule is Cc1cc2c3c(c1)N1c4ccccc4S4(c5ccccc5-c5ccccc54)c4cccc(c41)B3n1c3cc4ccccc4cc3c3cccc-2c31. The maximum Gasteiger partial charge on any atom is 0.333 e. The lowest BCUT2D eigenvalue weighted by Crippen LogP contribution is -2.57. The monoisotopic (exact) mass is 664 g/mol. The standard InChI is InChI=1S/C47H29BN2S/c1-28-24-36-34-17-10-16-33-35-26-29-12-2-3-13-30(29)27-39(35)50(46(33)34)48-37-18-11-23-44-47(37)49(40(25-28)45(36)48)38-19-6-9-22-43(38)51(44)41-20-7-4-14-31(41)32-15-5-8-21-42(32)51/h2-27H,1H3. The van der Waals surface area contributed by atoms with Crippen molar-refractivity contribution in [3.05, 3.63) is 163 Å². The Labute approximate surface area is 297 Å². The summed E-state index contributed by atoms with van der Waals surface area (Å²) < 4.78 is 2.71. The molecule has 236 valence electrons. The van der Waals surface area contributed by atoms with Gasteiger partial charge in [-0.3, -0.25) is 0 Å². The lowest BCUT2D eigenvalue weighted by molar-refractivity contribution is 1.13. The van der Waals surface area contributed by atoms with E-state index < -0.39 is 10.0 Å². The summed E-state index contributed by atoms with van der Waals surface area (Å²) in [6, 6.07) is 60.6. The van der Waals surface area contributed by atoms with Gasteiger partial charge in [-0.25, -0.2) is 0 Å². The van der Waals surface area contributed by atoms with Crippen LogP contribution in [0.2, 0.25) is 0 Å². The van der Waals surface area contributed by atoms with Crippen molar-refractivity contribution in [2.45, 2.75) is 26.5 Å². The average molecular weight is 665 g/mol. The molecule has 0 fully saturated rings. The number of aryl methyl sites for hydroxylation is 1. The van der Waals surface area contributed by atoms with Crippen molar-refractivity contribution in [2.75, 3.05) is 4.90 Å². The smallest absolute Gasteiger partial charge is 0.333 e. The number of aromatic nitrogens is 1. The summed E-state index contributed by atoms with van der Waals surface area (Å²) in [6.07, 6.45) is 0. The minimum atomic E-state index is -1.79. The third-order valence-electron chi connectivity index (χ3n) is 12.1. The van der Waals surface area contributed by atoms with E-state index in [2.05, 4.69) is 174 Å². The van der Waals surface area contributed by atoms with E-state index >= 15 is 0 Å². The lowest BCUT2D eigenvalue weighted by atomic mass is 9.45. The highest BCUT2D eigenvalue weighted by Gasteiger charge is 2.52. The fraction of sp³-hybridized carbons (Fsp3) is 0.0213. The normalized spacial score (nSPS) is 15.5. The van der Waals surface area contributed by atoms with Gasteiger partial charge < -0.3 is 9.38 Å². The van der Waals surface area contributed by atoms with E-state index in [1.165, 1.54) is 108 Å². The molecule has 5 heterocycles. The number of anilines is 3. The Bertz CT molecular complexity index is 3040. The molecule has 8 aromatic carbocycles. The van der Waals surface area contributed by atoms with Crippen LogP contribution in [0.4, 0.5) is 17.1 Å². The summed E-state index contributed by atoms with van der Waals surface area (Å²) in [5.74, 6) is 0. The van der Waals surface area contributed by atoms with Gasteiger partial charge in [0.15, 0.2) is 0 Å². The molecule has 51 heavy (non-hydrogen) atoms. The highest BCUT2D eigenvalue weighted by atomic mass is 32.3.